The van der Waals surface area contributed by atoms with Crippen LogP contribution in [0.4, 0.5) is 5.69 Å². The number of hydrogen-bond acceptors (Lipinski definition) is 3. The fourth-order valence-corrected chi connectivity index (χ4v) is 4.28. The van der Waals surface area contributed by atoms with Crippen molar-refractivity contribution in [3.8, 4) is 16.9 Å². The highest BCUT2D eigenvalue weighted by Crippen LogP contribution is 2.38. The van der Waals surface area contributed by atoms with Crippen LogP contribution in [-0.2, 0) is 10.8 Å². The Morgan fingerprint density at radius 3 is 2.65 bits per heavy atom. The van der Waals surface area contributed by atoms with E-state index in [1.165, 1.54) is 0 Å². The van der Waals surface area contributed by atoms with Crippen molar-refractivity contribution in [1.82, 2.24) is 0 Å². The molecule has 4 heteroatoms. The lowest BCUT2D eigenvalue weighted by atomic mass is 9.89. The first-order chi connectivity index (χ1) is 12.4. The molecule has 2 aromatic rings. The molecule has 1 heterocycles. The molecule has 0 aromatic heterocycles. The van der Waals surface area contributed by atoms with Crippen molar-refractivity contribution >= 4 is 22.1 Å². The van der Waals surface area contributed by atoms with E-state index in [-0.39, 0.29) is 5.54 Å². The summed E-state index contributed by atoms with van der Waals surface area (Å²) in [4.78, 5) is 0. The van der Waals surface area contributed by atoms with Crippen LogP contribution >= 0.6 is 0 Å². The van der Waals surface area contributed by atoms with E-state index in [9.17, 15) is 4.21 Å². The third-order valence-corrected chi connectivity index (χ3v) is 5.53. The molecule has 0 saturated carbocycles. The summed E-state index contributed by atoms with van der Waals surface area (Å²) in [5.74, 6) is 1.36. The van der Waals surface area contributed by atoms with Crippen molar-refractivity contribution in [2.75, 3.05) is 18.2 Å². The summed E-state index contributed by atoms with van der Waals surface area (Å²) < 4.78 is 17.8. The van der Waals surface area contributed by atoms with Gasteiger partial charge in [-0.25, -0.2) is 0 Å². The molecular weight excluding hydrogens is 342 g/mol. The molecule has 0 aliphatic carbocycles. The zero-order valence-corrected chi connectivity index (χ0v) is 16.5. The number of fused-ring (bicyclic) bond motifs is 1. The highest BCUT2D eigenvalue weighted by Gasteiger charge is 2.25. The average Bonchev–Trinajstić information content (AvgIpc) is 2.60. The minimum atomic E-state index is -1.02. The van der Waals surface area contributed by atoms with Gasteiger partial charge < -0.3 is 10.1 Å². The number of nitrogens with one attached hydrogen (secondary N) is 1. The number of para-hydroxylation sites is 1. The normalized spacial score (nSPS) is 16.5. The van der Waals surface area contributed by atoms with Crippen LogP contribution in [0.25, 0.3) is 16.7 Å². The van der Waals surface area contributed by atoms with Gasteiger partial charge in [-0.2, -0.15) is 0 Å². The largest absolute Gasteiger partial charge is 0.496 e. The average molecular weight is 368 g/mol. The van der Waals surface area contributed by atoms with Crippen molar-refractivity contribution in [1.29, 1.82) is 0 Å². The van der Waals surface area contributed by atoms with E-state index < -0.39 is 10.8 Å². The molecule has 3 rings (SSSR count). The SMILES string of the molecule is CC=CS(=O)CC1=CC(C)(C)Nc2ccc(-c3ccccc3OC)cc21. The summed E-state index contributed by atoms with van der Waals surface area (Å²) in [7, 11) is 0.671. The number of rotatable bonds is 5. The highest BCUT2D eigenvalue weighted by molar-refractivity contribution is 7.88. The van der Waals surface area contributed by atoms with E-state index in [4.69, 9.17) is 4.74 Å². The van der Waals surface area contributed by atoms with Crippen LogP contribution in [0.1, 0.15) is 26.3 Å². The van der Waals surface area contributed by atoms with Gasteiger partial charge in [0.1, 0.15) is 5.75 Å². The predicted octanol–water partition coefficient (Wildman–Crippen LogP) is 5.23. The van der Waals surface area contributed by atoms with Crippen molar-refractivity contribution in [3.63, 3.8) is 0 Å². The molecule has 26 heavy (non-hydrogen) atoms. The molecule has 1 atom stereocenters. The summed E-state index contributed by atoms with van der Waals surface area (Å²) in [5.41, 5.74) is 5.25. The smallest absolute Gasteiger partial charge is 0.126 e. The second-order valence-corrected chi connectivity index (χ2v) is 8.29. The Kier molecular flexibility index (Phi) is 5.33. The summed E-state index contributed by atoms with van der Waals surface area (Å²) in [6.45, 7) is 6.15. The van der Waals surface area contributed by atoms with Crippen molar-refractivity contribution in [3.05, 3.63) is 65.6 Å². The summed E-state index contributed by atoms with van der Waals surface area (Å²) in [6.07, 6.45) is 4.03. The van der Waals surface area contributed by atoms with Gasteiger partial charge in [-0.05, 0) is 55.5 Å². The summed E-state index contributed by atoms with van der Waals surface area (Å²) in [5, 5.41) is 5.30. The molecule has 0 fully saturated rings. The third kappa shape index (κ3) is 3.91. The van der Waals surface area contributed by atoms with E-state index in [1.54, 1.807) is 12.5 Å². The lowest BCUT2D eigenvalue weighted by Crippen LogP contribution is -2.32. The number of anilines is 1. The molecule has 0 bridgehead atoms. The fourth-order valence-electron chi connectivity index (χ4n) is 3.34. The predicted molar refractivity (Wildman–Crippen MR) is 112 cm³/mol. The second kappa shape index (κ2) is 7.50. The van der Waals surface area contributed by atoms with Crippen LogP contribution in [0.15, 0.2) is 60.0 Å². The fraction of sp³-hybridized carbons (Fsp3) is 0.273. The summed E-state index contributed by atoms with van der Waals surface area (Å²) in [6, 6.07) is 14.4. The molecule has 2 aromatic carbocycles. The van der Waals surface area contributed by atoms with Gasteiger partial charge in [-0.3, -0.25) is 4.21 Å². The first-order valence-corrected chi connectivity index (χ1v) is 10.1. The van der Waals surface area contributed by atoms with Crippen LogP contribution in [-0.4, -0.2) is 22.6 Å². The van der Waals surface area contributed by atoms with Crippen molar-refractivity contribution < 1.29 is 8.95 Å². The molecule has 0 spiro atoms. The zero-order valence-electron chi connectivity index (χ0n) is 15.7. The number of allylic oxidation sites excluding steroid dienone is 1. The first kappa shape index (κ1) is 18.5. The molecule has 0 radical (unpaired) electrons. The Hall–Kier alpha value is -2.33. The van der Waals surface area contributed by atoms with E-state index >= 15 is 0 Å². The van der Waals surface area contributed by atoms with E-state index in [0.717, 1.165) is 33.7 Å². The molecule has 0 amide bonds. The summed E-state index contributed by atoms with van der Waals surface area (Å²) >= 11 is 0. The van der Waals surface area contributed by atoms with E-state index in [1.807, 2.05) is 31.2 Å². The van der Waals surface area contributed by atoms with Gasteiger partial charge in [-0.1, -0.05) is 36.4 Å². The van der Waals surface area contributed by atoms with Gasteiger partial charge in [0.15, 0.2) is 0 Å². The molecule has 0 saturated heterocycles. The minimum absolute atomic E-state index is 0.172. The first-order valence-electron chi connectivity index (χ1n) is 8.71. The molecule has 1 unspecified atom stereocenters. The van der Waals surface area contributed by atoms with Gasteiger partial charge in [0.05, 0.1) is 18.4 Å². The van der Waals surface area contributed by atoms with Gasteiger partial charge in [0, 0.05) is 27.6 Å². The maximum Gasteiger partial charge on any atom is 0.126 e. The van der Waals surface area contributed by atoms with Crippen LogP contribution in [0, 0.1) is 0 Å². The standard InChI is InChI=1S/C22H25NO2S/c1-5-12-26(24)15-17-14-22(2,3)23-20-11-10-16(13-19(17)20)18-8-6-7-9-21(18)25-4/h5-14,23H,15H2,1-4H3. The molecular formula is C22H25NO2S. The maximum absolute atomic E-state index is 12.3. The molecule has 1 aliphatic heterocycles. The lowest BCUT2D eigenvalue weighted by molar-refractivity contribution is 0.416. The number of benzene rings is 2. The lowest BCUT2D eigenvalue weighted by Gasteiger charge is -2.32. The Morgan fingerprint density at radius 1 is 1.15 bits per heavy atom. The number of methoxy groups -OCH3 is 1. The number of ether oxygens (including phenoxy) is 1. The third-order valence-electron chi connectivity index (χ3n) is 4.36. The highest BCUT2D eigenvalue weighted by atomic mass is 32.2. The topological polar surface area (TPSA) is 38.3 Å². The molecule has 1 N–H and O–H groups in total. The van der Waals surface area contributed by atoms with Crippen molar-refractivity contribution in [2.24, 2.45) is 0 Å². The minimum Gasteiger partial charge on any atom is -0.496 e. The molecule has 1 aliphatic rings. The van der Waals surface area contributed by atoms with Crippen LogP contribution in [0.3, 0.4) is 0 Å². The van der Waals surface area contributed by atoms with E-state index in [0.29, 0.717) is 5.75 Å². The number of hydrogen-bond donors (Lipinski definition) is 1. The van der Waals surface area contributed by atoms with E-state index in [2.05, 4.69) is 49.5 Å². The Morgan fingerprint density at radius 2 is 1.92 bits per heavy atom. The van der Waals surface area contributed by atoms with Gasteiger partial charge >= 0.3 is 0 Å². The second-order valence-electron chi connectivity index (χ2n) is 6.97. The van der Waals surface area contributed by atoms with Crippen LogP contribution in [0.5, 0.6) is 5.75 Å². The van der Waals surface area contributed by atoms with Crippen molar-refractivity contribution in [2.45, 2.75) is 26.3 Å². The Balaban J connectivity index is 2.08. The van der Waals surface area contributed by atoms with Gasteiger partial charge in [-0.15, -0.1) is 0 Å². The Labute approximate surface area is 158 Å². The monoisotopic (exact) mass is 367 g/mol. The maximum atomic E-state index is 12.3. The van der Waals surface area contributed by atoms with Crippen LogP contribution in [0.2, 0.25) is 0 Å². The zero-order chi connectivity index (χ0) is 18.7. The Bertz CT molecular complexity index is 897. The van der Waals surface area contributed by atoms with Crippen LogP contribution < -0.4 is 10.1 Å². The quantitative estimate of drug-likeness (QED) is 0.786. The molecule has 136 valence electrons. The van der Waals surface area contributed by atoms with Gasteiger partial charge in [0.25, 0.3) is 0 Å². The van der Waals surface area contributed by atoms with Gasteiger partial charge in [0.2, 0.25) is 0 Å². The molecule has 3 nitrogen and oxygen atoms in total.